The van der Waals surface area contributed by atoms with E-state index >= 15 is 0 Å². The summed E-state index contributed by atoms with van der Waals surface area (Å²) < 4.78 is 5.52. The molecular weight excluding hydrogens is 382 g/mol. The van der Waals surface area contributed by atoms with E-state index in [2.05, 4.69) is 37.5 Å². The second kappa shape index (κ2) is 7.93. The minimum Gasteiger partial charge on any atom is -0.360 e. The van der Waals surface area contributed by atoms with Crippen LogP contribution in [0.15, 0.2) is 52.6 Å². The second-order valence-corrected chi connectivity index (χ2v) is 8.38. The molecule has 148 valence electrons. The predicted molar refractivity (Wildman–Crippen MR) is 114 cm³/mol. The van der Waals surface area contributed by atoms with Gasteiger partial charge in [-0.15, -0.1) is 11.3 Å². The van der Waals surface area contributed by atoms with Crippen molar-refractivity contribution in [2.75, 3.05) is 13.1 Å². The highest BCUT2D eigenvalue weighted by molar-refractivity contribution is 7.10. The highest BCUT2D eigenvalue weighted by Gasteiger charge is 2.25. The molecule has 1 aromatic carbocycles. The molecule has 5 rings (SSSR count). The van der Waals surface area contributed by atoms with E-state index in [1.54, 1.807) is 11.3 Å². The van der Waals surface area contributed by atoms with E-state index in [4.69, 9.17) is 9.51 Å². The molecule has 0 amide bonds. The summed E-state index contributed by atoms with van der Waals surface area (Å²) in [6.45, 7) is 4.99. The minimum atomic E-state index is 0.516. The Morgan fingerprint density at radius 1 is 1.21 bits per heavy atom. The minimum absolute atomic E-state index is 0.516. The van der Waals surface area contributed by atoms with Crippen molar-refractivity contribution < 1.29 is 4.52 Å². The molecule has 1 N–H and O–H groups in total. The van der Waals surface area contributed by atoms with Crippen LogP contribution in [0.4, 0.5) is 0 Å². The summed E-state index contributed by atoms with van der Waals surface area (Å²) >= 11 is 1.76. The molecule has 3 aromatic heterocycles. The van der Waals surface area contributed by atoms with Gasteiger partial charge in [-0.1, -0.05) is 35.5 Å². The standard InChI is InChI=1S/C22H23N5OS/c1-15-20(21(26-28-15)16-5-3-2-4-6-16)18-14-29-22(25-18)17-7-11-27(12-8-17)13-19-23-9-10-24-19/h2-6,9-10,14,17H,7-8,11-13H2,1H3,(H,23,24). The van der Waals surface area contributed by atoms with Gasteiger partial charge in [0.15, 0.2) is 0 Å². The van der Waals surface area contributed by atoms with E-state index in [1.807, 2.05) is 37.5 Å². The van der Waals surface area contributed by atoms with E-state index < -0.39 is 0 Å². The Labute approximate surface area is 173 Å². The van der Waals surface area contributed by atoms with Gasteiger partial charge in [-0.25, -0.2) is 9.97 Å². The van der Waals surface area contributed by atoms with Gasteiger partial charge in [-0.3, -0.25) is 4.90 Å². The number of thiazole rings is 1. The van der Waals surface area contributed by atoms with E-state index in [1.165, 1.54) is 5.01 Å². The molecule has 1 aliphatic rings. The van der Waals surface area contributed by atoms with Crippen LogP contribution < -0.4 is 0 Å². The number of H-pyrrole nitrogens is 1. The van der Waals surface area contributed by atoms with Crippen LogP contribution >= 0.6 is 11.3 Å². The van der Waals surface area contributed by atoms with Crippen LogP contribution in [0.3, 0.4) is 0 Å². The maximum absolute atomic E-state index is 5.52. The van der Waals surface area contributed by atoms with Crippen molar-refractivity contribution in [3.8, 4) is 22.5 Å². The first kappa shape index (κ1) is 18.3. The lowest BCUT2D eigenvalue weighted by Crippen LogP contribution is -2.32. The molecule has 4 heterocycles. The quantitative estimate of drug-likeness (QED) is 0.513. The molecule has 0 bridgehead atoms. The number of aryl methyl sites for hydroxylation is 1. The van der Waals surface area contributed by atoms with Crippen molar-refractivity contribution in [1.29, 1.82) is 0 Å². The van der Waals surface area contributed by atoms with Crippen LogP contribution in [0.1, 0.15) is 35.4 Å². The Kier molecular flexibility index (Phi) is 4.99. The average molecular weight is 406 g/mol. The molecule has 1 saturated heterocycles. The number of aromatic amines is 1. The fourth-order valence-electron chi connectivity index (χ4n) is 3.99. The van der Waals surface area contributed by atoms with Crippen LogP contribution in [0.25, 0.3) is 22.5 Å². The molecule has 0 saturated carbocycles. The first-order valence-corrected chi connectivity index (χ1v) is 10.8. The topological polar surface area (TPSA) is 70.8 Å². The molecule has 0 atom stereocenters. The summed E-state index contributed by atoms with van der Waals surface area (Å²) in [5.41, 5.74) is 3.91. The van der Waals surface area contributed by atoms with Crippen molar-refractivity contribution in [3.05, 3.63) is 64.7 Å². The summed E-state index contributed by atoms with van der Waals surface area (Å²) in [7, 11) is 0. The van der Waals surface area contributed by atoms with Crippen LogP contribution in [-0.4, -0.2) is 38.1 Å². The third kappa shape index (κ3) is 3.75. The SMILES string of the molecule is Cc1onc(-c2ccccc2)c1-c1csc(C2CCN(Cc3ncc[nH]3)CC2)n1. The molecule has 29 heavy (non-hydrogen) atoms. The summed E-state index contributed by atoms with van der Waals surface area (Å²) in [6.07, 6.45) is 5.95. The Morgan fingerprint density at radius 3 is 2.79 bits per heavy atom. The molecule has 1 aliphatic heterocycles. The Morgan fingerprint density at radius 2 is 2.03 bits per heavy atom. The van der Waals surface area contributed by atoms with Gasteiger partial charge in [0.05, 0.1) is 22.8 Å². The smallest absolute Gasteiger partial charge is 0.143 e. The molecular formula is C22H23N5OS. The van der Waals surface area contributed by atoms with Gasteiger partial charge in [0.1, 0.15) is 17.3 Å². The zero-order valence-corrected chi connectivity index (χ0v) is 17.2. The predicted octanol–water partition coefficient (Wildman–Crippen LogP) is 4.88. The summed E-state index contributed by atoms with van der Waals surface area (Å²) in [6, 6.07) is 10.2. The van der Waals surface area contributed by atoms with Crippen molar-refractivity contribution in [2.45, 2.75) is 32.2 Å². The number of piperidine rings is 1. The van der Waals surface area contributed by atoms with Crippen molar-refractivity contribution in [1.82, 2.24) is 25.0 Å². The van der Waals surface area contributed by atoms with Crippen molar-refractivity contribution >= 4 is 11.3 Å². The van der Waals surface area contributed by atoms with Gasteiger partial charge < -0.3 is 9.51 Å². The van der Waals surface area contributed by atoms with Crippen LogP contribution in [-0.2, 0) is 6.54 Å². The fourth-order valence-corrected chi connectivity index (χ4v) is 4.97. The monoisotopic (exact) mass is 405 g/mol. The second-order valence-electron chi connectivity index (χ2n) is 7.49. The zero-order valence-electron chi connectivity index (χ0n) is 16.3. The van der Waals surface area contributed by atoms with Crippen molar-refractivity contribution in [2.24, 2.45) is 0 Å². The molecule has 0 spiro atoms. The van der Waals surface area contributed by atoms with Gasteiger partial charge in [0.25, 0.3) is 0 Å². The van der Waals surface area contributed by atoms with Crippen LogP contribution in [0.2, 0.25) is 0 Å². The normalized spacial score (nSPS) is 15.8. The van der Waals surface area contributed by atoms with Crippen molar-refractivity contribution in [3.63, 3.8) is 0 Å². The van der Waals surface area contributed by atoms with Crippen LogP contribution in [0, 0.1) is 6.92 Å². The third-order valence-electron chi connectivity index (χ3n) is 5.55. The number of hydrogen-bond donors (Lipinski definition) is 1. The summed E-state index contributed by atoms with van der Waals surface area (Å²) in [5, 5.41) is 7.67. The molecule has 4 aromatic rings. The molecule has 0 aliphatic carbocycles. The van der Waals surface area contributed by atoms with E-state index in [-0.39, 0.29) is 0 Å². The van der Waals surface area contributed by atoms with Gasteiger partial charge >= 0.3 is 0 Å². The van der Waals surface area contributed by atoms with E-state index in [0.717, 1.165) is 66.6 Å². The zero-order chi connectivity index (χ0) is 19.6. The highest BCUT2D eigenvalue weighted by atomic mass is 32.1. The van der Waals surface area contributed by atoms with E-state index in [9.17, 15) is 0 Å². The van der Waals surface area contributed by atoms with Crippen LogP contribution in [0.5, 0.6) is 0 Å². The lowest BCUT2D eigenvalue weighted by molar-refractivity contribution is 0.200. The lowest BCUT2D eigenvalue weighted by Gasteiger charge is -2.30. The number of nitrogens with one attached hydrogen (secondary N) is 1. The maximum atomic E-state index is 5.52. The number of likely N-dealkylation sites (tertiary alicyclic amines) is 1. The summed E-state index contributed by atoms with van der Waals surface area (Å²) in [4.78, 5) is 15.0. The number of nitrogens with zero attached hydrogens (tertiary/aromatic N) is 4. The molecule has 7 heteroatoms. The summed E-state index contributed by atoms with van der Waals surface area (Å²) in [5.74, 6) is 2.37. The highest BCUT2D eigenvalue weighted by Crippen LogP contribution is 2.37. The van der Waals surface area contributed by atoms with Gasteiger partial charge in [-0.2, -0.15) is 0 Å². The molecule has 0 unspecified atom stereocenters. The Hall–Kier alpha value is -2.77. The van der Waals surface area contributed by atoms with E-state index in [0.29, 0.717) is 5.92 Å². The fraction of sp³-hybridized carbons (Fsp3) is 0.318. The maximum Gasteiger partial charge on any atom is 0.143 e. The number of aromatic nitrogens is 4. The first-order valence-electron chi connectivity index (χ1n) is 9.96. The number of imidazole rings is 1. The largest absolute Gasteiger partial charge is 0.360 e. The molecule has 6 nitrogen and oxygen atoms in total. The number of rotatable bonds is 5. The number of hydrogen-bond acceptors (Lipinski definition) is 6. The molecule has 0 radical (unpaired) electrons. The average Bonchev–Trinajstić information content (AvgIpc) is 3.50. The van der Waals surface area contributed by atoms with Gasteiger partial charge in [0, 0.05) is 29.3 Å². The van der Waals surface area contributed by atoms with Gasteiger partial charge in [0.2, 0.25) is 0 Å². The lowest BCUT2D eigenvalue weighted by atomic mass is 9.97. The first-order chi connectivity index (χ1) is 14.3. The Balaban J connectivity index is 1.32. The van der Waals surface area contributed by atoms with Gasteiger partial charge in [-0.05, 0) is 32.9 Å². The Bertz CT molecular complexity index is 1060. The third-order valence-corrected chi connectivity index (χ3v) is 6.56. The molecule has 1 fully saturated rings. The number of benzene rings is 1.